The van der Waals surface area contributed by atoms with Gasteiger partial charge in [-0.3, -0.25) is 4.79 Å². The van der Waals surface area contributed by atoms with Crippen LogP contribution < -0.4 is 4.74 Å². The van der Waals surface area contributed by atoms with E-state index in [9.17, 15) is 4.79 Å². The molecule has 0 bridgehead atoms. The summed E-state index contributed by atoms with van der Waals surface area (Å²) in [7, 11) is 0. The topological polar surface area (TPSA) is 26.3 Å². The Morgan fingerprint density at radius 1 is 1.56 bits per heavy atom. The predicted molar refractivity (Wildman–Crippen MR) is 69.6 cm³/mol. The lowest BCUT2D eigenvalue weighted by molar-refractivity contribution is 0.112. The van der Waals surface area contributed by atoms with Crippen molar-refractivity contribution in [3.8, 4) is 5.75 Å². The van der Waals surface area contributed by atoms with Gasteiger partial charge in [-0.15, -0.1) is 0 Å². The summed E-state index contributed by atoms with van der Waals surface area (Å²) in [5.74, 6) is 0.523. The molecule has 0 saturated heterocycles. The molecular weight excluding hydrogens is 315 g/mol. The van der Waals surface area contributed by atoms with Crippen LogP contribution in [0.4, 0.5) is 0 Å². The van der Waals surface area contributed by atoms with E-state index in [2.05, 4.69) is 15.9 Å². The average molecular weight is 324 g/mol. The van der Waals surface area contributed by atoms with Crippen LogP contribution in [-0.2, 0) is 0 Å². The lowest BCUT2D eigenvalue weighted by atomic mass is 10.1. The minimum absolute atomic E-state index is 0.147. The Bertz CT molecular complexity index is 430. The maximum Gasteiger partial charge on any atom is 0.153 e. The third-order valence-electron chi connectivity index (χ3n) is 1.87. The van der Waals surface area contributed by atoms with E-state index in [-0.39, 0.29) is 6.61 Å². The van der Waals surface area contributed by atoms with Crippen molar-refractivity contribution in [2.45, 2.75) is 6.92 Å². The Balaban J connectivity index is 2.98. The quantitative estimate of drug-likeness (QED) is 0.773. The minimum atomic E-state index is 0.147. The van der Waals surface area contributed by atoms with Gasteiger partial charge >= 0.3 is 0 Å². The van der Waals surface area contributed by atoms with E-state index in [4.69, 9.17) is 27.9 Å². The van der Waals surface area contributed by atoms with Gasteiger partial charge in [0.2, 0.25) is 0 Å². The summed E-state index contributed by atoms with van der Waals surface area (Å²) in [5.41, 5.74) is 2.57. The van der Waals surface area contributed by atoms with E-state index in [0.29, 0.717) is 16.3 Å². The van der Waals surface area contributed by atoms with Gasteiger partial charge < -0.3 is 4.74 Å². The number of benzene rings is 1. The first-order valence-corrected chi connectivity index (χ1v) is 6.02. The summed E-state index contributed by atoms with van der Waals surface area (Å²) in [5, 5.41) is 0.376. The van der Waals surface area contributed by atoms with Crippen molar-refractivity contribution in [3.05, 3.63) is 38.3 Å². The van der Waals surface area contributed by atoms with Crippen LogP contribution >= 0.6 is 39.1 Å². The van der Waals surface area contributed by atoms with Crippen LogP contribution in [-0.4, -0.2) is 12.9 Å². The zero-order valence-electron chi connectivity index (χ0n) is 8.47. The average Bonchev–Trinajstić information content (AvgIpc) is 2.26. The van der Waals surface area contributed by atoms with Gasteiger partial charge in [0.15, 0.2) is 6.29 Å². The normalized spacial score (nSPS) is 11.4. The van der Waals surface area contributed by atoms with Crippen LogP contribution in [0.5, 0.6) is 5.75 Å². The largest absolute Gasteiger partial charge is 0.487 e. The molecule has 0 fully saturated rings. The SMILES string of the molecule is Cc1cc(Br)cc(C=O)c1OC/C(Cl)=C/Cl. The van der Waals surface area contributed by atoms with Crippen molar-refractivity contribution in [3.63, 3.8) is 0 Å². The van der Waals surface area contributed by atoms with Gasteiger partial charge in [-0.2, -0.15) is 0 Å². The van der Waals surface area contributed by atoms with Crippen LogP contribution in [0.2, 0.25) is 0 Å². The molecule has 16 heavy (non-hydrogen) atoms. The van der Waals surface area contributed by atoms with E-state index in [1.807, 2.05) is 13.0 Å². The van der Waals surface area contributed by atoms with Crippen molar-refractivity contribution in [2.75, 3.05) is 6.61 Å². The van der Waals surface area contributed by atoms with Gasteiger partial charge in [0.05, 0.1) is 10.6 Å². The zero-order valence-corrected chi connectivity index (χ0v) is 11.6. The van der Waals surface area contributed by atoms with Gasteiger partial charge in [0.25, 0.3) is 0 Å². The lowest BCUT2D eigenvalue weighted by Gasteiger charge is -2.11. The van der Waals surface area contributed by atoms with Crippen molar-refractivity contribution in [1.29, 1.82) is 0 Å². The third kappa shape index (κ3) is 3.51. The maximum absolute atomic E-state index is 10.9. The van der Waals surface area contributed by atoms with Crippen LogP contribution in [0.3, 0.4) is 0 Å². The fourth-order valence-electron chi connectivity index (χ4n) is 1.21. The van der Waals surface area contributed by atoms with Crippen LogP contribution in [0, 0.1) is 6.92 Å². The van der Waals surface area contributed by atoms with Crippen molar-refractivity contribution in [2.24, 2.45) is 0 Å². The molecule has 0 amide bonds. The van der Waals surface area contributed by atoms with Gasteiger partial charge in [0.1, 0.15) is 12.4 Å². The lowest BCUT2D eigenvalue weighted by Crippen LogP contribution is -2.01. The Kier molecular flexibility index (Phi) is 5.32. The molecule has 0 aliphatic carbocycles. The second kappa shape index (κ2) is 6.28. The molecule has 0 N–H and O–H groups in total. The zero-order chi connectivity index (χ0) is 12.1. The molecular formula is C11H9BrCl2O2. The molecule has 5 heteroatoms. The van der Waals surface area contributed by atoms with E-state index >= 15 is 0 Å². The molecule has 0 aromatic heterocycles. The minimum Gasteiger partial charge on any atom is -0.487 e. The third-order valence-corrected chi connectivity index (χ3v) is 2.92. The Hall–Kier alpha value is -0.510. The molecule has 0 aliphatic rings. The number of aldehydes is 1. The number of hydrogen-bond acceptors (Lipinski definition) is 2. The smallest absolute Gasteiger partial charge is 0.153 e. The molecule has 2 nitrogen and oxygen atoms in total. The van der Waals surface area contributed by atoms with Crippen LogP contribution in [0.25, 0.3) is 0 Å². The summed E-state index contributed by atoms with van der Waals surface area (Å²) in [6, 6.07) is 3.55. The first-order valence-electron chi connectivity index (χ1n) is 4.41. The summed E-state index contributed by atoms with van der Waals surface area (Å²) in [4.78, 5) is 10.9. The highest BCUT2D eigenvalue weighted by Crippen LogP contribution is 2.27. The highest BCUT2D eigenvalue weighted by Gasteiger charge is 2.08. The maximum atomic E-state index is 10.9. The van der Waals surface area contributed by atoms with E-state index in [0.717, 1.165) is 16.3 Å². The Morgan fingerprint density at radius 2 is 2.25 bits per heavy atom. The van der Waals surface area contributed by atoms with E-state index in [1.54, 1.807) is 6.07 Å². The number of aryl methyl sites for hydroxylation is 1. The van der Waals surface area contributed by atoms with Gasteiger partial charge in [0, 0.05) is 10.0 Å². The summed E-state index contributed by atoms with van der Waals surface area (Å²) >= 11 is 14.4. The fourth-order valence-corrected chi connectivity index (χ4v) is 1.92. The molecule has 0 atom stereocenters. The van der Waals surface area contributed by atoms with Crippen molar-refractivity contribution >= 4 is 45.4 Å². The molecule has 0 aliphatic heterocycles. The molecule has 0 saturated carbocycles. The number of hydrogen-bond donors (Lipinski definition) is 0. The van der Waals surface area contributed by atoms with Crippen molar-refractivity contribution < 1.29 is 9.53 Å². The Morgan fingerprint density at radius 3 is 2.81 bits per heavy atom. The van der Waals surface area contributed by atoms with E-state index in [1.165, 1.54) is 5.54 Å². The van der Waals surface area contributed by atoms with Crippen LogP contribution in [0.15, 0.2) is 27.2 Å². The second-order valence-corrected chi connectivity index (χ2v) is 4.72. The van der Waals surface area contributed by atoms with Gasteiger partial charge in [-0.25, -0.2) is 0 Å². The van der Waals surface area contributed by atoms with Crippen molar-refractivity contribution in [1.82, 2.24) is 0 Å². The number of carbonyl (C=O) groups excluding carboxylic acids is 1. The molecule has 0 unspecified atom stereocenters. The van der Waals surface area contributed by atoms with Gasteiger partial charge in [-0.1, -0.05) is 39.1 Å². The Labute approximate surface area is 112 Å². The standard InChI is InChI=1S/C11H9BrCl2O2/c1-7-2-9(12)3-8(5-15)11(7)16-6-10(14)4-13/h2-5H,6H2,1H3/b10-4-. The summed E-state index contributed by atoms with van der Waals surface area (Å²) < 4.78 is 6.26. The first-order chi connectivity index (χ1) is 7.58. The number of ether oxygens (including phenoxy) is 1. The predicted octanol–water partition coefficient (Wildman–Crippen LogP) is 4.27. The van der Waals surface area contributed by atoms with Crippen LogP contribution in [0.1, 0.15) is 15.9 Å². The summed E-state index contributed by atoms with van der Waals surface area (Å²) in [6.45, 7) is 2.00. The second-order valence-electron chi connectivity index (χ2n) is 3.10. The molecule has 1 aromatic carbocycles. The number of carbonyl (C=O) groups is 1. The fraction of sp³-hybridized carbons (Fsp3) is 0.182. The number of halogens is 3. The van der Waals surface area contributed by atoms with Gasteiger partial charge in [-0.05, 0) is 24.6 Å². The highest BCUT2D eigenvalue weighted by molar-refractivity contribution is 9.10. The monoisotopic (exact) mass is 322 g/mol. The molecule has 0 radical (unpaired) electrons. The molecule has 86 valence electrons. The molecule has 0 spiro atoms. The molecule has 1 aromatic rings. The van der Waals surface area contributed by atoms with E-state index < -0.39 is 0 Å². The summed E-state index contributed by atoms with van der Waals surface area (Å²) in [6.07, 6.45) is 0.741. The molecule has 0 heterocycles. The first kappa shape index (κ1) is 13.6. The highest BCUT2D eigenvalue weighted by atomic mass is 79.9. The number of rotatable bonds is 4. The molecule has 1 rings (SSSR count).